The van der Waals surface area contributed by atoms with E-state index in [0.29, 0.717) is 6.04 Å². The minimum absolute atomic E-state index is 0.140. The van der Waals surface area contributed by atoms with Crippen molar-refractivity contribution in [2.75, 3.05) is 31.1 Å². The minimum Gasteiger partial charge on any atom is -0.392 e. The number of hydrogen-bond acceptors (Lipinski definition) is 5. The van der Waals surface area contributed by atoms with Crippen LogP contribution in [0.25, 0.3) is 0 Å². The predicted molar refractivity (Wildman–Crippen MR) is 109 cm³/mol. The molecule has 144 valence electrons. The van der Waals surface area contributed by atoms with Gasteiger partial charge in [-0.15, -0.1) is 0 Å². The largest absolute Gasteiger partial charge is 0.392 e. The standard InChI is InChI=1S/C22H30N4O/c27-22-9-12-25(17-22)16-19-3-1-18(2-4-19)15-24-20-7-13-26(14-8-20)21-5-10-23-11-6-21/h1-6,10-11,20,22,24,27H,7-9,12-17H2. The summed E-state index contributed by atoms with van der Waals surface area (Å²) in [6, 6.07) is 13.7. The van der Waals surface area contributed by atoms with Gasteiger partial charge < -0.3 is 15.3 Å². The molecular formula is C22H30N4O. The summed E-state index contributed by atoms with van der Waals surface area (Å²) in [7, 11) is 0. The van der Waals surface area contributed by atoms with E-state index in [1.165, 1.54) is 29.7 Å². The average molecular weight is 367 g/mol. The molecular weight excluding hydrogens is 336 g/mol. The van der Waals surface area contributed by atoms with Crippen molar-refractivity contribution in [2.45, 2.75) is 44.5 Å². The third-order valence-electron chi connectivity index (χ3n) is 5.79. The van der Waals surface area contributed by atoms with Gasteiger partial charge in [-0.2, -0.15) is 0 Å². The number of aliphatic hydroxyl groups excluding tert-OH is 1. The van der Waals surface area contributed by atoms with E-state index in [2.05, 4.69) is 56.5 Å². The Bertz CT molecular complexity index is 698. The first-order chi connectivity index (χ1) is 13.3. The van der Waals surface area contributed by atoms with Gasteiger partial charge in [0.05, 0.1) is 6.10 Å². The highest BCUT2D eigenvalue weighted by Gasteiger charge is 2.20. The lowest BCUT2D eigenvalue weighted by Gasteiger charge is -2.34. The highest BCUT2D eigenvalue weighted by atomic mass is 16.3. The molecule has 2 aromatic rings. The van der Waals surface area contributed by atoms with Crippen molar-refractivity contribution in [2.24, 2.45) is 0 Å². The van der Waals surface area contributed by atoms with Crippen molar-refractivity contribution in [3.05, 3.63) is 59.9 Å². The van der Waals surface area contributed by atoms with Crippen molar-refractivity contribution in [3.63, 3.8) is 0 Å². The summed E-state index contributed by atoms with van der Waals surface area (Å²) in [5.41, 5.74) is 3.96. The second-order valence-corrected chi connectivity index (χ2v) is 7.84. The fourth-order valence-electron chi connectivity index (χ4n) is 4.14. The average Bonchev–Trinajstić information content (AvgIpc) is 3.13. The van der Waals surface area contributed by atoms with Crippen LogP contribution in [0.2, 0.25) is 0 Å². The van der Waals surface area contributed by atoms with Gasteiger partial charge >= 0.3 is 0 Å². The monoisotopic (exact) mass is 366 g/mol. The van der Waals surface area contributed by atoms with Gasteiger partial charge in [0.2, 0.25) is 0 Å². The zero-order valence-corrected chi connectivity index (χ0v) is 15.9. The van der Waals surface area contributed by atoms with E-state index < -0.39 is 0 Å². The molecule has 0 spiro atoms. The third kappa shape index (κ3) is 5.06. The summed E-state index contributed by atoms with van der Waals surface area (Å²) >= 11 is 0. The van der Waals surface area contributed by atoms with E-state index in [1.807, 2.05) is 12.4 Å². The number of likely N-dealkylation sites (tertiary alicyclic amines) is 1. The van der Waals surface area contributed by atoms with Crippen molar-refractivity contribution < 1.29 is 5.11 Å². The van der Waals surface area contributed by atoms with Crippen LogP contribution in [-0.4, -0.2) is 53.3 Å². The number of hydrogen-bond donors (Lipinski definition) is 2. The normalized spacial score (nSPS) is 21.7. The SMILES string of the molecule is OC1CCN(Cc2ccc(CNC3CCN(c4ccncc4)CC3)cc2)C1. The molecule has 1 unspecified atom stereocenters. The first kappa shape index (κ1) is 18.4. The summed E-state index contributed by atoms with van der Waals surface area (Å²) in [4.78, 5) is 8.88. The summed E-state index contributed by atoms with van der Waals surface area (Å²) < 4.78 is 0. The Balaban J connectivity index is 1.20. The summed E-state index contributed by atoms with van der Waals surface area (Å²) in [5, 5.41) is 13.4. The molecule has 0 saturated carbocycles. The van der Waals surface area contributed by atoms with Gasteiger partial charge in [0.15, 0.2) is 0 Å². The Morgan fingerprint density at radius 1 is 0.926 bits per heavy atom. The summed E-state index contributed by atoms with van der Waals surface area (Å²) in [6.45, 7) is 5.88. The fourth-order valence-corrected chi connectivity index (χ4v) is 4.14. The van der Waals surface area contributed by atoms with E-state index >= 15 is 0 Å². The molecule has 1 atom stereocenters. The number of aromatic nitrogens is 1. The van der Waals surface area contributed by atoms with E-state index in [0.717, 1.165) is 45.7 Å². The van der Waals surface area contributed by atoms with Gasteiger partial charge in [-0.25, -0.2) is 0 Å². The Morgan fingerprint density at radius 3 is 2.30 bits per heavy atom. The lowest BCUT2D eigenvalue weighted by Crippen LogP contribution is -2.42. The molecule has 27 heavy (non-hydrogen) atoms. The first-order valence-electron chi connectivity index (χ1n) is 10.1. The number of aliphatic hydroxyl groups is 1. The van der Waals surface area contributed by atoms with Gasteiger partial charge in [-0.3, -0.25) is 9.88 Å². The van der Waals surface area contributed by atoms with E-state index in [4.69, 9.17) is 0 Å². The van der Waals surface area contributed by atoms with Gasteiger partial charge in [-0.1, -0.05) is 24.3 Å². The minimum atomic E-state index is -0.140. The molecule has 0 radical (unpaired) electrons. The maximum Gasteiger partial charge on any atom is 0.0679 e. The molecule has 4 rings (SSSR count). The molecule has 5 heteroatoms. The van der Waals surface area contributed by atoms with Crippen LogP contribution in [0.3, 0.4) is 0 Å². The Kier molecular flexibility index (Phi) is 6.02. The zero-order valence-electron chi connectivity index (χ0n) is 15.9. The lowest BCUT2D eigenvalue weighted by atomic mass is 10.0. The molecule has 2 aliphatic heterocycles. The molecule has 5 nitrogen and oxygen atoms in total. The number of rotatable bonds is 6. The smallest absolute Gasteiger partial charge is 0.0679 e. The van der Waals surface area contributed by atoms with E-state index in [9.17, 15) is 5.11 Å². The Morgan fingerprint density at radius 2 is 1.63 bits per heavy atom. The van der Waals surface area contributed by atoms with Crippen molar-refractivity contribution in [1.82, 2.24) is 15.2 Å². The topological polar surface area (TPSA) is 51.6 Å². The second kappa shape index (κ2) is 8.83. The Hall–Kier alpha value is -1.95. The number of nitrogens with zero attached hydrogens (tertiary/aromatic N) is 3. The van der Waals surface area contributed by atoms with Crippen LogP contribution < -0.4 is 10.2 Å². The Labute approximate surface area is 162 Å². The number of nitrogens with one attached hydrogen (secondary N) is 1. The molecule has 1 aromatic carbocycles. The van der Waals surface area contributed by atoms with Gasteiger partial charge in [0.1, 0.15) is 0 Å². The molecule has 0 bridgehead atoms. The maximum absolute atomic E-state index is 9.64. The quantitative estimate of drug-likeness (QED) is 0.822. The second-order valence-electron chi connectivity index (χ2n) is 7.84. The fraction of sp³-hybridized carbons (Fsp3) is 0.500. The first-order valence-corrected chi connectivity index (χ1v) is 10.1. The van der Waals surface area contributed by atoms with Crippen LogP contribution in [0.15, 0.2) is 48.8 Å². The molecule has 1 aromatic heterocycles. The number of piperidine rings is 1. The molecule has 3 heterocycles. The van der Waals surface area contributed by atoms with E-state index in [-0.39, 0.29) is 6.10 Å². The number of benzene rings is 1. The van der Waals surface area contributed by atoms with E-state index in [1.54, 1.807) is 0 Å². The predicted octanol–water partition coefficient (Wildman–Crippen LogP) is 2.41. The van der Waals surface area contributed by atoms with Crippen molar-refractivity contribution >= 4 is 5.69 Å². The van der Waals surface area contributed by atoms with Gasteiger partial charge in [-0.05, 0) is 42.5 Å². The van der Waals surface area contributed by atoms with Crippen molar-refractivity contribution in [1.29, 1.82) is 0 Å². The maximum atomic E-state index is 9.64. The zero-order chi connectivity index (χ0) is 18.5. The van der Waals surface area contributed by atoms with Crippen LogP contribution in [0, 0.1) is 0 Å². The summed E-state index contributed by atoms with van der Waals surface area (Å²) in [6.07, 6.45) is 6.86. The third-order valence-corrected chi connectivity index (χ3v) is 5.79. The van der Waals surface area contributed by atoms with Crippen LogP contribution >= 0.6 is 0 Å². The highest BCUT2D eigenvalue weighted by Crippen LogP contribution is 2.19. The van der Waals surface area contributed by atoms with Crippen molar-refractivity contribution in [3.8, 4) is 0 Å². The van der Waals surface area contributed by atoms with Crippen LogP contribution in [0.4, 0.5) is 5.69 Å². The molecule has 0 aliphatic carbocycles. The number of pyridine rings is 1. The number of anilines is 1. The molecule has 2 aliphatic rings. The molecule has 2 saturated heterocycles. The summed E-state index contributed by atoms with van der Waals surface area (Å²) in [5.74, 6) is 0. The lowest BCUT2D eigenvalue weighted by molar-refractivity contribution is 0.175. The van der Waals surface area contributed by atoms with Gasteiger partial charge in [0, 0.05) is 63.4 Å². The molecule has 0 amide bonds. The molecule has 2 fully saturated rings. The number of β-amino-alcohol motifs (C(OH)–C–C–N with tert-alkyl or cyclic N) is 1. The highest BCUT2D eigenvalue weighted by molar-refractivity contribution is 5.44. The van der Waals surface area contributed by atoms with Crippen LogP contribution in [0.1, 0.15) is 30.4 Å². The van der Waals surface area contributed by atoms with Crippen LogP contribution in [0.5, 0.6) is 0 Å². The molecule has 2 N–H and O–H groups in total. The van der Waals surface area contributed by atoms with Gasteiger partial charge in [0.25, 0.3) is 0 Å². The van der Waals surface area contributed by atoms with Crippen LogP contribution in [-0.2, 0) is 13.1 Å².